The van der Waals surface area contributed by atoms with E-state index in [-0.39, 0.29) is 5.69 Å². The smallest absolute Gasteiger partial charge is 0.327 e. The average Bonchev–Trinajstić information content (AvgIpc) is 2.41. The maximum absolute atomic E-state index is 12.8. The summed E-state index contributed by atoms with van der Waals surface area (Å²) in [4.78, 5) is 12.8. The lowest BCUT2D eigenvalue weighted by Gasteiger charge is -2.13. The van der Waals surface area contributed by atoms with Crippen molar-refractivity contribution in [3.8, 4) is 0 Å². The van der Waals surface area contributed by atoms with Crippen molar-refractivity contribution in [2.24, 2.45) is 0 Å². The number of aromatic nitrogens is 1. The summed E-state index contributed by atoms with van der Waals surface area (Å²) >= 11 is 5.46. The standard InChI is InChI=1S/C13H10ClF3N2O3S/c1-7-4-12(20)18-6-11(7)19-23(21,22)8-2-3-10(14)9(5-8)13(15,16)17/h2-6,19H,1H3,(H,18,20). The van der Waals surface area contributed by atoms with Crippen LogP contribution in [0.5, 0.6) is 0 Å². The van der Waals surface area contributed by atoms with E-state index in [4.69, 9.17) is 11.6 Å². The number of rotatable bonds is 3. The molecule has 0 bridgehead atoms. The van der Waals surface area contributed by atoms with Crippen LogP contribution in [0.3, 0.4) is 0 Å². The zero-order valence-corrected chi connectivity index (χ0v) is 13.1. The predicted molar refractivity (Wildman–Crippen MR) is 79.1 cm³/mol. The van der Waals surface area contributed by atoms with E-state index in [1.807, 2.05) is 0 Å². The number of sulfonamides is 1. The highest BCUT2D eigenvalue weighted by Crippen LogP contribution is 2.36. The van der Waals surface area contributed by atoms with E-state index >= 15 is 0 Å². The molecule has 0 aliphatic carbocycles. The Morgan fingerprint density at radius 3 is 2.43 bits per heavy atom. The summed E-state index contributed by atoms with van der Waals surface area (Å²) in [5.74, 6) is 0. The van der Waals surface area contributed by atoms with Crippen LogP contribution in [-0.4, -0.2) is 13.4 Å². The number of aryl methyl sites for hydroxylation is 1. The lowest BCUT2D eigenvalue weighted by molar-refractivity contribution is -0.137. The Labute approximate surface area is 134 Å². The molecule has 1 heterocycles. The Bertz CT molecular complexity index is 907. The van der Waals surface area contributed by atoms with Crippen LogP contribution >= 0.6 is 11.6 Å². The molecule has 10 heteroatoms. The van der Waals surface area contributed by atoms with Crippen LogP contribution in [0.2, 0.25) is 5.02 Å². The highest BCUT2D eigenvalue weighted by atomic mass is 35.5. The van der Waals surface area contributed by atoms with Gasteiger partial charge in [0.05, 0.1) is 21.2 Å². The fourth-order valence-corrected chi connectivity index (χ4v) is 3.15. The average molecular weight is 367 g/mol. The van der Waals surface area contributed by atoms with Gasteiger partial charge in [0.15, 0.2) is 0 Å². The van der Waals surface area contributed by atoms with Crippen LogP contribution in [0.15, 0.2) is 40.2 Å². The molecule has 124 valence electrons. The summed E-state index contributed by atoms with van der Waals surface area (Å²) in [6.45, 7) is 1.48. The van der Waals surface area contributed by atoms with Crippen molar-refractivity contribution < 1.29 is 21.6 Å². The Hall–Kier alpha value is -2.00. The molecular weight excluding hydrogens is 357 g/mol. The maximum atomic E-state index is 12.8. The van der Waals surface area contributed by atoms with Gasteiger partial charge in [0.2, 0.25) is 5.56 Å². The zero-order valence-electron chi connectivity index (χ0n) is 11.5. The number of nitrogens with one attached hydrogen (secondary N) is 2. The fourth-order valence-electron chi connectivity index (χ4n) is 1.78. The predicted octanol–water partition coefficient (Wildman–Crippen LogP) is 3.16. The first kappa shape index (κ1) is 17.4. The Morgan fingerprint density at radius 2 is 1.87 bits per heavy atom. The summed E-state index contributed by atoms with van der Waals surface area (Å²) in [5, 5.41) is -0.600. The van der Waals surface area contributed by atoms with Gasteiger partial charge in [-0.1, -0.05) is 11.6 Å². The highest BCUT2D eigenvalue weighted by Gasteiger charge is 2.34. The molecular formula is C13H10ClF3N2O3S. The first-order valence-corrected chi connectivity index (χ1v) is 7.96. The lowest BCUT2D eigenvalue weighted by atomic mass is 10.2. The van der Waals surface area contributed by atoms with Crippen molar-refractivity contribution in [3.05, 3.63) is 57.0 Å². The number of alkyl halides is 3. The summed E-state index contributed by atoms with van der Waals surface area (Å²) in [6, 6.07) is 3.42. The van der Waals surface area contributed by atoms with Gasteiger partial charge in [-0.05, 0) is 30.7 Å². The van der Waals surface area contributed by atoms with Gasteiger partial charge < -0.3 is 4.98 Å². The van der Waals surface area contributed by atoms with Gasteiger partial charge in [-0.3, -0.25) is 9.52 Å². The maximum Gasteiger partial charge on any atom is 0.417 e. The monoisotopic (exact) mass is 366 g/mol. The van der Waals surface area contributed by atoms with Gasteiger partial charge in [0.25, 0.3) is 10.0 Å². The minimum absolute atomic E-state index is 0.0492. The molecule has 0 unspecified atom stereocenters. The fraction of sp³-hybridized carbons (Fsp3) is 0.154. The molecule has 0 amide bonds. The number of pyridine rings is 1. The molecule has 2 N–H and O–H groups in total. The van der Waals surface area contributed by atoms with E-state index in [2.05, 4.69) is 9.71 Å². The molecule has 5 nitrogen and oxygen atoms in total. The molecule has 1 aromatic heterocycles. The van der Waals surface area contributed by atoms with E-state index in [0.717, 1.165) is 24.4 Å². The Morgan fingerprint density at radius 1 is 1.22 bits per heavy atom. The third kappa shape index (κ3) is 3.85. The van der Waals surface area contributed by atoms with E-state index in [1.54, 1.807) is 0 Å². The molecule has 0 spiro atoms. The van der Waals surface area contributed by atoms with Gasteiger partial charge in [0, 0.05) is 12.3 Å². The van der Waals surface area contributed by atoms with E-state index in [1.165, 1.54) is 6.92 Å². The van der Waals surface area contributed by atoms with Crippen molar-refractivity contribution in [2.45, 2.75) is 18.0 Å². The molecule has 0 aliphatic heterocycles. The van der Waals surface area contributed by atoms with Crippen molar-refractivity contribution >= 4 is 27.3 Å². The highest BCUT2D eigenvalue weighted by molar-refractivity contribution is 7.92. The molecule has 0 saturated carbocycles. The minimum atomic E-state index is -4.78. The van der Waals surface area contributed by atoms with Crippen molar-refractivity contribution in [1.29, 1.82) is 0 Å². The first-order chi connectivity index (χ1) is 10.5. The molecule has 2 rings (SSSR count). The number of benzene rings is 1. The summed E-state index contributed by atoms with van der Waals surface area (Å²) < 4.78 is 65.0. The van der Waals surface area contributed by atoms with Crippen LogP contribution in [0.4, 0.5) is 18.9 Å². The second-order valence-corrected chi connectivity index (χ2v) is 6.73. The Kier molecular flexibility index (Phi) is 4.45. The van der Waals surface area contributed by atoms with Crippen molar-refractivity contribution in [3.63, 3.8) is 0 Å². The van der Waals surface area contributed by atoms with Crippen LogP contribution in [0, 0.1) is 6.92 Å². The number of aromatic amines is 1. The molecule has 1 aromatic carbocycles. The minimum Gasteiger partial charge on any atom is -0.327 e. The van der Waals surface area contributed by atoms with Gasteiger partial charge in [-0.15, -0.1) is 0 Å². The normalized spacial score (nSPS) is 12.2. The molecule has 23 heavy (non-hydrogen) atoms. The van der Waals surface area contributed by atoms with Crippen LogP contribution in [-0.2, 0) is 16.2 Å². The number of H-pyrrole nitrogens is 1. The van der Waals surface area contributed by atoms with E-state index < -0.39 is 37.2 Å². The third-order valence-electron chi connectivity index (χ3n) is 2.93. The summed E-state index contributed by atoms with van der Waals surface area (Å²) in [7, 11) is -4.28. The molecule has 0 fully saturated rings. The second-order valence-electron chi connectivity index (χ2n) is 4.64. The van der Waals surface area contributed by atoms with Crippen LogP contribution < -0.4 is 10.3 Å². The SMILES string of the molecule is Cc1cc(=O)[nH]cc1NS(=O)(=O)c1ccc(Cl)c(C(F)(F)F)c1. The largest absolute Gasteiger partial charge is 0.417 e. The molecule has 0 aliphatic rings. The summed E-state index contributed by atoms with van der Waals surface area (Å²) in [5.41, 5.74) is -1.31. The number of hydrogen-bond acceptors (Lipinski definition) is 3. The third-order valence-corrected chi connectivity index (χ3v) is 4.62. The Balaban J connectivity index is 2.46. The van der Waals surface area contributed by atoms with Gasteiger partial charge in [-0.25, -0.2) is 8.42 Å². The van der Waals surface area contributed by atoms with E-state index in [0.29, 0.717) is 11.6 Å². The topological polar surface area (TPSA) is 79.0 Å². The zero-order chi connectivity index (χ0) is 17.4. The molecule has 0 saturated heterocycles. The molecule has 0 atom stereocenters. The number of hydrogen-bond donors (Lipinski definition) is 2. The quantitative estimate of drug-likeness (QED) is 0.875. The van der Waals surface area contributed by atoms with Crippen LogP contribution in [0.1, 0.15) is 11.1 Å². The van der Waals surface area contributed by atoms with Gasteiger partial charge in [-0.2, -0.15) is 13.2 Å². The number of anilines is 1. The van der Waals surface area contributed by atoms with Crippen molar-refractivity contribution in [2.75, 3.05) is 4.72 Å². The number of halogens is 4. The lowest BCUT2D eigenvalue weighted by Crippen LogP contribution is -2.17. The first-order valence-electron chi connectivity index (χ1n) is 6.09. The van der Waals surface area contributed by atoms with Crippen molar-refractivity contribution in [1.82, 2.24) is 4.98 Å². The second kappa shape index (κ2) is 5.89. The summed E-state index contributed by atoms with van der Waals surface area (Å²) in [6.07, 6.45) is -3.66. The van der Waals surface area contributed by atoms with Gasteiger partial charge in [0.1, 0.15) is 0 Å². The molecule has 0 radical (unpaired) electrons. The van der Waals surface area contributed by atoms with Gasteiger partial charge >= 0.3 is 6.18 Å². The van der Waals surface area contributed by atoms with Crippen LogP contribution in [0.25, 0.3) is 0 Å². The molecule has 2 aromatic rings. The van der Waals surface area contributed by atoms with E-state index in [9.17, 15) is 26.4 Å².